The highest BCUT2D eigenvalue weighted by Crippen LogP contribution is 2.18. The van der Waals surface area contributed by atoms with Crippen LogP contribution in [0.15, 0.2) is 24.3 Å². The van der Waals surface area contributed by atoms with Gasteiger partial charge in [0.05, 0.1) is 13.2 Å². The van der Waals surface area contributed by atoms with Gasteiger partial charge in [-0.15, -0.1) is 0 Å². The maximum Gasteiger partial charge on any atom is 0.119 e. The molecule has 0 aliphatic rings. The Kier molecular flexibility index (Phi) is 8.02. The molecule has 4 heteroatoms. The first-order chi connectivity index (χ1) is 9.26. The van der Waals surface area contributed by atoms with Gasteiger partial charge in [-0.3, -0.25) is 0 Å². The van der Waals surface area contributed by atoms with Crippen molar-refractivity contribution < 1.29 is 19.7 Å². The summed E-state index contributed by atoms with van der Waals surface area (Å²) in [6.45, 7) is 2.73. The van der Waals surface area contributed by atoms with Crippen LogP contribution in [0.3, 0.4) is 0 Å². The van der Waals surface area contributed by atoms with Crippen LogP contribution in [0, 0.1) is 0 Å². The SMILES string of the molecule is CCCCCCOc1ccc(OCC(O)CO)cc1. The first-order valence-electron chi connectivity index (χ1n) is 6.90. The molecule has 4 nitrogen and oxygen atoms in total. The van der Waals surface area contributed by atoms with Crippen LogP contribution in [0.2, 0.25) is 0 Å². The fourth-order valence-electron chi connectivity index (χ4n) is 1.60. The van der Waals surface area contributed by atoms with Crippen LogP contribution in [0.5, 0.6) is 11.5 Å². The Labute approximate surface area is 115 Å². The van der Waals surface area contributed by atoms with Gasteiger partial charge in [-0.2, -0.15) is 0 Å². The lowest BCUT2D eigenvalue weighted by atomic mass is 10.2. The monoisotopic (exact) mass is 268 g/mol. The molecule has 0 aromatic heterocycles. The van der Waals surface area contributed by atoms with Crippen molar-refractivity contribution in [2.24, 2.45) is 0 Å². The van der Waals surface area contributed by atoms with E-state index in [1.165, 1.54) is 19.3 Å². The fraction of sp³-hybridized carbons (Fsp3) is 0.600. The molecule has 0 saturated heterocycles. The molecule has 1 aromatic carbocycles. The molecule has 1 aromatic rings. The van der Waals surface area contributed by atoms with Crippen LogP contribution in [-0.4, -0.2) is 36.1 Å². The van der Waals surface area contributed by atoms with E-state index in [-0.39, 0.29) is 13.2 Å². The highest BCUT2D eigenvalue weighted by molar-refractivity contribution is 5.31. The van der Waals surface area contributed by atoms with E-state index in [0.29, 0.717) is 5.75 Å². The molecule has 0 amide bonds. The molecule has 0 saturated carbocycles. The Bertz CT molecular complexity index is 323. The molecule has 1 unspecified atom stereocenters. The van der Waals surface area contributed by atoms with Crippen molar-refractivity contribution in [3.05, 3.63) is 24.3 Å². The maximum atomic E-state index is 9.16. The molecular formula is C15H24O4. The summed E-state index contributed by atoms with van der Waals surface area (Å²) >= 11 is 0. The van der Waals surface area contributed by atoms with Crippen molar-refractivity contribution in [3.8, 4) is 11.5 Å². The second kappa shape index (κ2) is 9.64. The Morgan fingerprint density at radius 2 is 1.63 bits per heavy atom. The summed E-state index contributed by atoms with van der Waals surface area (Å²) in [5.74, 6) is 1.48. The van der Waals surface area contributed by atoms with Gasteiger partial charge in [-0.1, -0.05) is 26.2 Å². The van der Waals surface area contributed by atoms with Gasteiger partial charge in [-0.25, -0.2) is 0 Å². The van der Waals surface area contributed by atoms with E-state index in [4.69, 9.17) is 19.7 Å². The lowest BCUT2D eigenvalue weighted by molar-refractivity contribution is 0.0536. The maximum absolute atomic E-state index is 9.16. The highest BCUT2D eigenvalue weighted by Gasteiger charge is 2.03. The summed E-state index contributed by atoms with van der Waals surface area (Å²) in [5.41, 5.74) is 0. The molecule has 0 heterocycles. The van der Waals surface area contributed by atoms with Gasteiger partial charge in [0.2, 0.25) is 0 Å². The van der Waals surface area contributed by atoms with Gasteiger partial charge in [0, 0.05) is 0 Å². The Morgan fingerprint density at radius 3 is 2.21 bits per heavy atom. The lowest BCUT2D eigenvalue weighted by Crippen LogP contribution is -2.21. The van der Waals surface area contributed by atoms with Crippen LogP contribution in [0.4, 0.5) is 0 Å². The quantitative estimate of drug-likeness (QED) is 0.640. The fourth-order valence-corrected chi connectivity index (χ4v) is 1.60. The van der Waals surface area contributed by atoms with Gasteiger partial charge < -0.3 is 19.7 Å². The third-order valence-corrected chi connectivity index (χ3v) is 2.74. The molecule has 108 valence electrons. The number of unbranched alkanes of at least 4 members (excludes halogenated alkanes) is 3. The number of rotatable bonds is 10. The largest absolute Gasteiger partial charge is 0.494 e. The van der Waals surface area contributed by atoms with E-state index in [0.717, 1.165) is 18.8 Å². The third kappa shape index (κ3) is 7.03. The minimum atomic E-state index is -0.838. The van der Waals surface area contributed by atoms with E-state index >= 15 is 0 Å². The predicted molar refractivity (Wildman–Crippen MR) is 74.7 cm³/mol. The average Bonchev–Trinajstić information content (AvgIpc) is 2.45. The van der Waals surface area contributed by atoms with E-state index in [1.54, 1.807) is 12.1 Å². The first kappa shape index (κ1) is 15.8. The molecule has 0 radical (unpaired) electrons. The van der Waals surface area contributed by atoms with E-state index in [2.05, 4.69) is 6.92 Å². The van der Waals surface area contributed by atoms with Crippen molar-refractivity contribution in [1.29, 1.82) is 0 Å². The minimum Gasteiger partial charge on any atom is -0.494 e. The average molecular weight is 268 g/mol. The summed E-state index contributed by atoms with van der Waals surface area (Å²) in [5, 5.41) is 17.8. The molecule has 0 aliphatic carbocycles. The third-order valence-electron chi connectivity index (χ3n) is 2.74. The highest BCUT2D eigenvalue weighted by atomic mass is 16.5. The van der Waals surface area contributed by atoms with Gasteiger partial charge in [0.25, 0.3) is 0 Å². The standard InChI is InChI=1S/C15H24O4/c1-2-3-4-5-10-18-14-6-8-15(9-7-14)19-12-13(17)11-16/h6-9,13,16-17H,2-5,10-12H2,1H3. The first-order valence-corrected chi connectivity index (χ1v) is 6.90. The Morgan fingerprint density at radius 1 is 1.00 bits per heavy atom. The Hall–Kier alpha value is -1.26. The van der Waals surface area contributed by atoms with E-state index in [9.17, 15) is 0 Å². The number of aliphatic hydroxyl groups excluding tert-OH is 2. The molecule has 19 heavy (non-hydrogen) atoms. The van der Waals surface area contributed by atoms with Crippen molar-refractivity contribution in [2.75, 3.05) is 19.8 Å². The summed E-state index contributed by atoms with van der Waals surface area (Å²) in [7, 11) is 0. The number of ether oxygens (including phenoxy) is 2. The summed E-state index contributed by atoms with van der Waals surface area (Å²) in [4.78, 5) is 0. The number of benzene rings is 1. The lowest BCUT2D eigenvalue weighted by Gasteiger charge is -2.10. The zero-order valence-electron chi connectivity index (χ0n) is 11.5. The number of hydrogen-bond acceptors (Lipinski definition) is 4. The molecule has 0 bridgehead atoms. The smallest absolute Gasteiger partial charge is 0.119 e. The number of hydrogen-bond donors (Lipinski definition) is 2. The second-order valence-corrected chi connectivity index (χ2v) is 4.53. The minimum absolute atomic E-state index is 0.0910. The molecule has 1 rings (SSSR count). The van der Waals surface area contributed by atoms with E-state index in [1.807, 2.05) is 12.1 Å². The molecular weight excluding hydrogens is 244 g/mol. The summed E-state index contributed by atoms with van der Waals surface area (Å²) < 4.78 is 10.9. The van der Waals surface area contributed by atoms with Crippen LogP contribution in [0.25, 0.3) is 0 Å². The van der Waals surface area contributed by atoms with Crippen LogP contribution >= 0.6 is 0 Å². The van der Waals surface area contributed by atoms with Crippen LogP contribution in [0.1, 0.15) is 32.6 Å². The predicted octanol–water partition coefficient (Wildman–Crippen LogP) is 2.38. The van der Waals surface area contributed by atoms with Gasteiger partial charge in [0.1, 0.15) is 24.2 Å². The zero-order valence-corrected chi connectivity index (χ0v) is 11.5. The van der Waals surface area contributed by atoms with Crippen LogP contribution < -0.4 is 9.47 Å². The number of aliphatic hydroxyl groups is 2. The van der Waals surface area contributed by atoms with Crippen molar-refractivity contribution >= 4 is 0 Å². The van der Waals surface area contributed by atoms with Crippen molar-refractivity contribution in [3.63, 3.8) is 0 Å². The molecule has 0 aliphatic heterocycles. The summed E-state index contributed by atoms with van der Waals surface area (Å²) in [6, 6.07) is 7.29. The zero-order chi connectivity index (χ0) is 13.9. The molecule has 2 N–H and O–H groups in total. The normalized spacial score (nSPS) is 12.2. The van der Waals surface area contributed by atoms with Crippen molar-refractivity contribution in [2.45, 2.75) is 38.7 Å². The van der Waals surface area contributed by atoms with Gasteiger partial charge in [0.15, 0.2) is 0 Å². The topological polar surface area (TPSA) is 58.9 Å². The second-order valence-electron chi connectivity index (χ2n) is 4.53. The Balaban J connectivity index is 2.23. The van der Waals surface area contributed by atoms with E-state index < -0.39 is 6.10 Å². The molecule has 1 atom stereocenters. The summed E-state index contributed by atoms with van der Waals surface area (Å²) in [6.07, 6.45) is 3.93. The van der Waals surface area contributed by atoms with Crippen molar-refractivity contribution in [1.82, 2.24) is 0 Å². The molecule has 0 spiro atoms. The molecule has 0 fully saturated rings. The van der Waals surface area contributed by atoms with Gasteiger partial charge in [-0.05, 0) is 30.7 Å². The van der Waals surface area contributed by atoms with Gasteiger partial charge >= 0.3 is 0 Å². The van der Waals surface area contributed by atoms with Crippen LogP contribution in [-0.2, 0) is 0 Å².